The molecule has 1 fully saturated rings. The van der Waals surface area contributed by atoms with E-state index in [9.17, 15) is 4.79 Å². The number of nitrogens with zero attached hydrogens (tertiary/aromatic N) is 2. The van der Waals surface area contributed by atoms with Crippen LogP contribution in [0.25, 0.3) is 11.1 Å². The van der Waals surface area contributed by atoms with Gasteiger partial charge >= 0.3 is 0 Å². The molecule has 0 unspecified atom stereocenters. The Morgan fingerprint density at radius 3 is 2.67 bits per heavy atom. The summed E-state index contributed by atoms with van der Waals surface area (Å²) in [6, 6.07) is 11.9. The monoisotopic (exact) mass is 282 g/mol. The van der Waals surface area contributed by atoms with Crippen molar-refractivity contribution in [3.63, 3.8) is 0 Å². The first-order valence-corrected chi connectivity index (χ1v) is 7.19. The summed E-state index contributed by atoms with van der Waals surface area (Å²) < 4.78 is 5.29. The molecule has 21 heavy (non-hydrogen) atoms. The van der Waals surface area contributed by atoms with E-state index in [-0.39, 0.29) is 5.91 Å². The molecule has 1 aliphatic heterocycles. The fraction of sp³-hybridized carbons (Fsp3) is 0.294. The number of benzene rings is 1. The average molecular weight is 282 g/mol. The molecule has 1 aromatic carbocycles. The maximum absolute atomic E-state index is 11.9. The van der Waals surface area contributed by atoms with Gasteiger partial charge in [-0.3, -0.25) is 4.79 Å². The zero-order valence-electron chi connectivity index (χ0n) is 12.1. The molecule has 108 valence electrons. The van der Waals surface area contributed by atoms with Gasteiger partial charge in [0.1, 0.15) is 0 Å². The number of hydrogen-bond donors (Lipinski definition) is 0. The van der Waals surface area contributed by atoms with Gasteiger partial charge in [-0.2, -0.15) is 0 Å². The normalized spacial score (nSPS) is 15.1. The summed E-state index contributed by atoms with van der Waals surface area (Å²) >= 11 is 0. The van der Waals surface area contributed by atoms with Crippen LogP contribution >= 0.6 is 0 Å². The van der Waals surface area contributed by atoms with Crippen LogP contribution in [-0.4, -0.2) is 24.5 Å². The van der Waals surface area contributed by atoms with E-state index in [1.807, 2.05) is 41.3 Å². The van der Waals surface area contributed by atoms with Crippen molar-refractivity contribution < 1.29 is 9.53 Å². The van der Waals surface area contributed by atoms with E-state index in [2.05, 4.69) is 4.98 Å². The van der Waals surface area contributed by atoms with Gasteiger partial charge < -0.3 is 9.64 Å². The Hall–Kier alpha value is -2.36. The molecule has 0 N–H and O–H groups in total. The third-order valence-electron chi connectivity index (χ3n) is 3.78. The Labute approximate surface area is 124 Å². The lowest BCUT2D eigenvalue weighted by Gasteiger charge is -2.26. The SMILES string of the molecule is COc1ncccc1-c1ccc(N2CCCCC2=O)cc1. The summed E-state index contributed by atoms with van der Waals surface area (Å²) in [5.74, 6) is 0.826. The van der Waals surface area contributed by atoms with Crippen molar-refractivity contribution in [2.45, 2.75) is 19.3 Å². The van der Waals surface area contributed by atoms with E-state index in [1.54, 1.807) is 13.3 Å². The molecule has 4 nitrogen and oxygen atoms in total. The van der Waals surface area contributed by atoms with Crippen LogP contribution in [0.5, 0.6) is 5.88 Å². The second kappa shape index (κ2) is 5.95. The summed E-state index contributed by atoms with van der Waals surface area (Å²) in [6.45, 7) is 0.814. The molecule has 1 aliphatic rings. The first kappa shape index (κ1) is 13.6. The van der Waals surface area contributed by atoms with Crippen LogP contribution in [0.1, 0.15) is 19.3 Å². The lowest BCUT2D eigenvalue weighted by molar-refractivity contribution is -0.119. The molecule has 0 aliphatic carbocycles. The van der Waals surface area contributed by atoms with Crippen LogP contribution in [0.2, 0.25) is 0 Å². The lowest BCUT2D eigenvalue weighted by atomic mass is 10.1. The number of carbonyl (C=O) groups is 1. The predicted octanol–water partition coefficient (Wildman–Crippen LogP) is 3.27. The van der Waals surface area contributed by atoms with Crippen LogP contribution in [0.4, 0.5) is 5.69 Å². The molecule has 0 bridgehead atoms. The van der Waals surface area contributed by atoms with E-state index in [1.165, 1.54) is 0 Å². The van der Waals surface area contributed by atoms with Gasteiger partial charge in [-0.15, -0.1) is 0 Å². The number of hydrogen-bond acceptors (Lipinski definition) is 3. The minimum absolute atomic E-state index is 0.216. The number of anilines is 1. The molecule has 1 amide bonds. The number of piperidine rings is 1. The first-order valence-electron chi connectivity index (χ1n) is 7.19. The topological polar surface area (TPSA) is 42.4 Å². The minimum atomic E-state index is 0.216. The van der Waals surface area contributed by atoms with E-state index in [4.69, 9.17) is 4.74 Å². The van der Waals surface area contributed by atoms with E-state index < -0.39 is 0 Å². The molecule has 0 radical (unpaired) electrons. The molecule has 2 heterocycles. The van der Waals surface area contributed by atoms with Gasteiger partial charge in [-0.25, -0.2) is 4.98 Å². The van der Waals surface area contributed by atoms with Crippen LogP contribution in [-0.2, 0) is 4.79 Å². The van der Waals surface area contributed by atoms with E-state index in [0.717, 1.165) is 36.2 Å². The van der Waals surface area contributed by atoms with Crippen molar-refractivity contribution in [2.75, 3.05) is 18.6 Å². The Bertz CT molecular complexity index is 637. The maximum atomic E-state index is 11.9. The van der Waals surface area contributed by atoms with Crippen LogP contribution in [0.15, 0.2) is 42.6 Å². The van der Waals surface area contributed by atoms with Gasteiger partial charge in [0.25, 0.3) is 0 Å². The molecule has 0 atom stereocenters. The molecule has 1 saturated heterocycles. The van der Waals surface area contributed by atoms with Crippen molar-refractivity contribution in [1.82, 2.24) is 4.98 Å². The largest absolute Gasteiger partial charge is 0.481 e. The van der Waals surface area contributed by atoms with Gasteiger partial charge in [-0.1, -0.05) is 12.1 Å². The zero-order chi connectivity index (χ0) is 14.7. The number of methoxy groups -OCH3 is 1. The molecule has 0 spiro atoms. The number of aromatic nitrogens is 1. The lowest BCUT2D eigenvalue weighted by Crippen LogP contribution is -2.35. The van der Waals surface area contributed by atoms with Crippen molar-refractivity contribution >= 4 is 11.6 Å². The third kappa shape index (κ3) is 2.75. The molecular weight excluding hydrogens is 264 g/mol. The summed E-state index contributed by atoms with van der Waals surface area (Å²) in [5, 5.41) is 0. The molecule has 4 heteroatoms. The number of amides is 1. The number of carbonyl (C=O) groups excluding carboxylic acids is 1. The molecule has 3 rings (SSSR count). The maximum Gasteiger partial charge on any atom is 0.226 e. The van der Waals surface area contributed by atoms with Crippen molar-refractivity contribution in [3.05, 3.63) is 42.6 Å². The molecule has 1 aromatic heterocycles. The quantitative estimate of drug-likeness (QED) is 0.867. The number of pyridine rings is 1. The van der Waals surface area contributed by atoms with Crippen LogP contribution in [0, 0.1) is 0 Å². The van der Waals surface area contributed by atoms with Gasteiger partial charge in [-0.05, 0) is 42.7 Å². The van der Waals surface area contributed by atoms with Crippen molar-refractivity contribution in [1.29, 1.82) is 0 Å². The van der Waals surface area contributed by atoms with Crippen molar-refractivity contribution in [3.8, 4) is 17.0 Å². The molecule has 2 aromatic rings. The number of ether oxygens (including phenoxy) is 1. The zero-order valence-corrected chi connectivity index (χ0v) is 12.1. The standard InChI is InChI=1S/C17H18N2O2/c1-21-17-15(5-4-11-18-17)13-7-9-14(10-8-13)19-12-3-2-6-16(19)20/h4-5,7-11H,2-3,6,12H2,1H3. The van der Waals surface area contributed by atoms with Gasteiger partial charge in [0.2, 0.25) is 11.8 Å². The van der Waals surface area contributed by atoms with E-state index in [0.29, 0.717) is 12.3 Å². The van der Waals surface area contributed by atoms with E-state index >= 15 is 0 Å². The fourth-order valence-corrected chi connectivity index (χ4v) is 2.67. The highest BCUT2D eigenvalue weighted by Crippen LogP contribution is 2.30. The third-order valence-corrected chi connectivity index (χ3v) is 3.78. The summed E-state index contributed by atoms with van der Waals surface area (Å²) in [6.07, 6.45) is 4.44. The second-order valence-corrected chi connectivity index (χ2v) is 5.11. The summed E-state index contributed by atoms with van der Waals surface area (Å²) in [4.78, 5) is 18.0. The van der Waals surface area contributed by atoms with Crippen LogP contribution in [0.3, 0.4) is 0 Å². The Balaban J connectivity index is 1.88. The Morgan fingerprint density at radius 1 is 1.14 bits per heavy atom. The number of rotatable bonds is 3. The van der Waals surface area contributed by atoms with Crippen LogP contribution < -0.4 is 9.64 Å². The average Bonchev–Trinajstić information content (AvgIpc) is 2.55. The minimum Gasteiger partial charge on any atom is -0.481 e. The fourth-order valence-electron chi connectivity index (χ4n) is 2.67. The smallest absolute Gasteiger partial charge is 0.226 e. The van der Waals surface area contributed by atoms with Gasteiger partial charge in [0, 0.05) is 30.4 Å². The second-order valence-electron chi connectivity index (χ2n) is 5.11. The van der Waals surface area contributed by atoms with Gasteiger partial charge in [0.05, 0.1) is 7.11 Å². The van der Waals surface area contributed by atoms with Gasteiger partial charge in [0.15, 0.2) is 0 Å². The highest BCUT2D eigenvalue weighted by atomic mass is 16.5. The first-order chi connectivity index (χ1) is 10.3. The Kier molecular flexibility index (Phi) is 3.86. The summed E-state index contributed by atoms with van der Waals surface area (Å²) in [5.41, 5.74) is 2.95. The van der Waals surface area contributed by atoms with Crippen molar-refractivity contribution in [2.24, 2.45) is 0 Å². The Morgan fingerprint density at radius 2 is 1.95 bits per heavy atom. The predicted molar refractivity (Wildman–Crippen MR) is 82.4 cm³/mol. The molecular formula is C17H18N2O2. The highest BCUT2D eigenvalue weighted by Gasteiger charge is 2.19. The molecule has 0 saturated carbocycles. The summed E-state index contributed by atoms with van der Waals surface area (Å²) in [7, 11) is 1.62. The highest BCUT2D eigenvalue weighted by molar-refractivity contribution is 5.94.